The maximum absolute atomic E-state index is 13.8. The van der Waals surface area contributed by atoms with Crippen molar-refractivity contribution in [2.45, 2.75) is 31.0 Å². The molecule has 0 amide bonds. The second-order valence-electron chi connectivity index (χ2n) is 6.36. The standard InChI is InChI=1S/C21H20ClFO2S/c1-3-26(24,25)19-8-4-15(5-9-19)10-20-14(2)17(13-22)11-16-6-7-18(23)12-21(16)20/h4-9,11-12H,3,10,13H2,1-2H3. The monoisotopic (exact) mass is 390 g/mol. The van der Waals surface area contributed by atoms with Crippen molar-refractivity contribution in [1.82, 2.24) is 0 Å². The van der Waals surface area contributed by atoms with Crippen LogP contribution in [0.25, 0.3) is 10.8 Å². The lowest BCUT2D eigenvalue weighted by atomic mass is 9.91. The molecule has 0 spiro atoms. The van der Waals surface area contributed by atoms with E-state index in [1.165, 1.54) is 6.07 Å². The van der Waals surface area contributed by atoms with Crippen molar-refractivity contribution in [3.05, 3.63) is 76.6 Å². The van der Waals surface area contributed by atoms with Gasteiger partial charge in [0.2, 0.25) is 0 Å². The summed E-state index contributed by atoms with van der Waals surface area (Å²) in [6.45, 7) is 3.62. The highest BCUT2D eigenvalue weighted by Crippen LogP contribution is 2.29. The number of rotatable bonds is 5. The SMILES string of the molecule is CCS(=O)(=O)c1ccc(Cc2c(C)c(CCl)cc3ccc(F)cc23)cc1. The maximum atomic E-state index is 13.8. The molecule has 0 saturated heterocycles. The predicted octanol–water partition coefficient (Wildman–Crippen LogP) is 5.41. The second kappa shape index (κ2) is 7.37. The molecule has 3 aromatic carbocycles. The van der Waals surface area contributed by atoms with Crippen molar-refractivity contribution in [3.8, 4) is 0 Å². The lowest BCUT2D eigenvalue weighted by Gasteiger charge is -2.15. The van der Waals surface area contributed by atoms with Crippen molar-refractivity contribution in [2.75, 3.05) is 5.75 Å². The molecule has 0 unspecified atom stereocenters. The summed E-state index contributed by atoms with van der Waals surface area (Å²) in [5.41, 5.74) is 4.05. The molecule has 3 rings (SSSR count). The molecule has 26 heavy (non-hydrogen) atoms. The van der Waals surface area contributed by atoms with E-state index in [0.29, 0.717) is 17.2 Å². The van der Waals surface area contributed by atoms with Crippen LogP contribution in [0.15, 0.2) is 53.4 Å². The van der Waals surface area contributed by atoms with Gasteiger partial charge in [0.1, 0.15) is 5.82 Å². The smallest absolute Gasteiger partial charge is 0.178 e. The summed E-state index contributed by atoms with van der Waals surface area (Å²) in [6, 6.07) is 13.7. The fourth-order valence-corrected chi connectivity index (χ4v) is 4.32. The van der Waals surface area contributed by atoms with Gasteiger partial charge >= 0.3 is 0 Å². The molecular formula is C21H20ClFO2S. The Hall–Kier alpha value is -1.91. The Bertz CT molecular complexity index is 1060. The molecular weight excluding hydrogens is 371 g/mol. The fraction of sp³-hybridized carbons (Fsp3) is 0.238. The second-order valence-corrected chi connectivity index (χ2v) is 8.91. The van der Waals surface area contributed by atoms with Crippen LogP contribution in [0.3, 0.4) is 0 Å². The largest absolute Gasteiger partial charge is 0.224 e. The predicted molar refractivity (Wildman–Crippen MR) is 105 cm³/mol. The number of halogens is 2. The van der Waals surface area contributed by atoms with E-state index in [1.807, 2.05) is 25.1 Å². The molecule has 0 N–H and O–H groups in total. The van der Waals surface area contributed by atoms with E-state index in [-0.39, 0.29) is 11.6 Å². The number of sulfone groups is 1. The molecule has 136 valence electrons. The number of hydrogen-bond acceptors (Lipinski definition) is 2. The fourth-order valence-electron chi connectivity index (χ4n) is 3.16. The zero-order chi connectivity index (χ0) is 18.9. The number of fused-ring (bicyclic) bond motifs is 1. The van der Waals surface area contributed by atoms with Gasteiger partial charge in [0.15, 0.2) is 9.84 Å². The normalized spacial score (nSPS) is 11.8. The Morgan fingerprint density at radius 2 is 1.73 bits per heavy atom. The van der Waals surface area contributed by atoms with Crippen LogP contribution >= 0.6 is 11.6 Å². The van der Waals surface area contributed by atoms with Gasteiger partial charge in [-0.3, -0.25) is 0 Å². The highest BCUT2D eigenvalue weighted by atomic mass is 35.5. The van der Waals surface area contributed by atoms with Gasteiger partial charge in [0, 0.05) is 5.88 Å². The van der Waals surface area contributed by atoms with Gasteiger partial charge in [-0.2, -0.15) is 0 Å². The van der Waals surface area contributed by atoms with E-state index in [0.717, 1.165) is 33.0 Å². The van der Waals surface area contributed by atoms with Gasteiger partial charge in [-0.15, -0.1) is 11.6 Å². The van der Waals surface area contributed by atoms with E-state index < -0.39 is 9.84 Å². The van der Waals surface area contributed by atoms with Gasteiger partial charge in [0.25, 0.3) is 0 Å². The van der Waals surface area contributed by atoms with Crippen molar-refractivity contribution < 1.29 is 12.8 Å². The van der Waals surface area contributed by atoms with Crippen LogP contribution in [-0.4, -0.2) is 14.2 Å². The first-order valence-electron chi connectivity index (χ1n) is 8.44. The molecule has 0 radical (unpaired) electrons. The van der Waals surface area contributed by atoms with E-state index in [1.54, 1.807) is 31.2 Å². The number of benzene rings is 3. The van der Waals surface area contributed by atoms with Crippen LogP contribution in [-0.2, 0) is 22.1 Å². The summed E-state index contributed by atoms with van der Waals surface area (Å²) in [5.74, 6) is 0.189. The minimum Gasteiger partial charge on any atom is -0.224 e. The Balaban J connectivity index is 2.08. The molecule has 0 aliphatic carbocycles. The summed E-state index contributed by atoms with van der Waals surface area (Å²) >= 11 is 6.08. The molecule has 0 bridgehead atoms. The van der Waals surface area contributed by atoms with Crippen molar-refractivity contribution >= 4 is 32.2 Å². The van der Waals surface area contributed by atoms with Gasteiger partial charge in [0.05, 0.1) is 10.6 Å². The summed E-state index contributed by atoms with van der Waals surface area (Å²) < 4.78 is 37.7. The molecule has 3 aromatic rings. The first-order chi connectivity index (χ1) is 12.4. The molecule has 2 nitrogen and oxygen atoms in total. The first kappa shape index (κ1) is 18.9. The molecule has 0 atom stereocenters. The average Bonchev–Trinajstić information content (AvgIpc) is 2.64. The van der Waals surface area contributed by atoms with E-state index in [9.17, 15) is 12.8 Å². The van der Waals surface area contributed by atoms with Crippen LogP contribution in [0, 0.1) is 12.7 Å². The van der Waals surface area contributed by atoms with Crippen LogP contribution in [0.5, 0.6) is 0 Å². The van der Waals surface area contributed by atoms with Gasteiger partial charge in [-0.1, -0.05) is 25.1 Å². The van der Waals surface area contributed by atoms with Crippen LogP contribution in [0.1, 0.15) is 29.2 Å². The lowest BCUT2D eigenvalue weighted by molar-refractivity contribution is 0.597. The van der Waals surface area contributed by atoms with E-state index in [4.69, 9.17) is 11.6 Å². The average molecular weight is 391 g/mol. The lowest BCUT2D eigenvalue weighted by Crippen LogP contribution is -2.04. The molecule has 0 aliphatic heterocycles. The summed E-state index contributed by atoms with van der Waals surface area (Å²) in [4.78, 5) is 0.325. The quantitative estimate of drug-likeness (QED) is 0.546. The first-order valence-corrected chi connectivity index (χ1v) is 10.6. The zero-order valence-electron chi connectivity index (χ0n) is 14.7. The Morgan fingerprint density at radius 1 is 1.04 bits per heavy atom. The molecule has 0 aliphatic rings. The number of hydrogen-bond donors (Lipinski definition) is 0. The zero-order valence-corrected chi connectivity index (χ0v) is 16.3. The minimum absolute atomic E-state index is 0.0765. The Labute approximate surface area is 158 Å². The van der Waals surface area contributed by atoms with E-state index >= 15 is 0 Å². The summed E-state index contributed by atoms with van der Waals surface area (Å²) in [5, 5.41) is 1.81. The van der Waals surface area contributed by atoms with Gasteiger partial charge in [-0.05, 0) is 76.7 Å². The summed E-state index contributed by atoms with van der Waals surface area (Å²) in [7, 11) is -3.21. The van der Waals surface area contributed by atoms with E-state index in [2.05, 4.69) is 0 Å². The third-order valence-electron chi connectivity index (χ3n) is 4.79. The Kier molecular flexibility index (Phi) is 5.35. The Morgan fingerprint density at radius 3 is 2.35 bits per heavy atom. The minimum atomic E-state index is -3.21. The maximum Gasteiger partial charge on any atom is 0.178 e. The third kappa shape index (κ3) is 3.62. The topological polar surface area (TPSA) is 34.1 Å². The van der Waals surface area contributed by atoms with Gasteiger partial charge < -0.3 is 0 Å². The van der Waals surface area contributed by atoms with Crippen LogP contribution in [0.4, 0.5) is 4.39 Å². The molecule has 0 heterocycles. The third-order valence-corrected chi connectivity index (χ3v) is 6.83. The van der Waals surface area contributed by atoms with Gasteiger partial charge in [-0.25, -0.2) is 12.8 Å². The number of alkyl halides is 1. The summed E-state index contributed by atoms with van der Waals surface area (Å²) in [6.07, 6.45) is 0.586. The highest BCUT2D eigenvalue weighted by Gasteiger charge is 2.14. The molecule has 0 saturated carbocycles. The van der Waals surface area contributed by atoms with Crippen molar-refractivity contribution in [2.24, 2.45) is 0 Å². The highest BCUT2D eigenvalue weighted by molar-refractivity contribution is 7.91. The van der Waals surface area contributed by atoms with Crippen molar-refractivity contribution in [3.63, 3.8) is 0 Å². The molecule has 5 heteroatoms. The molecule has 0 aromatic heterocycles. The molecule has 0 fully saturated rings. The van der Waals surface area contributed by atoms with Crippen molar-refractivity contribution in [1.29, 1.82) is 0 Å². The van der Waals surface area contributed by atoms with Crippen LogP contribution in [0.2, 0.25) is 0 Å². The van der Waals surface area contributed by atoms with Crippen LogP contribution < -0.4 is 0 Å².